The second kappa shape index (κ2) is 6.83. The van der Waals surface area contributed by atoms with Crippen molar-refractivity contribution in [1.82, 2.24) is 9.78 Å². The molecule has 3 heteroatoms. The lowest BCUT2D eigenvalue weighted by molar-refractivity contribution is -0.738. The van der Waals surface area contributed by atoms with Gasteiger partial charge in [0.2, 0.25) is 5.82 Å². The summed E-state index contributed by atoms with van der Waals surface area (Å²) < 4.78 is 4.75. The van der Waals surface area contributed by atoms with Crippen LogP contribution < -0.4 is 4.57 Å². The van der Waals surface area contributed by atoms with E-state index in [4.69, 9.17) is 5.10 Å². The van der Waals surface area contributed by atoms with Crippen molar-refractivity contribution in [2.75, 3.05) is 0 Å². The van der Waals surface area contributed by atoms with Crippen LogP contribution in [0.15, 0.2) is 0 Å². The molecule has 0 fully saturated rings. The Hall–Kier alpha value is -1.64. The van der Waals surface area contributed by atoms with Gasteiger partial charge < -0.3 is 0 Å². The number of aryl methyl sites for hydroxylation is 1. The van der Waals surface area contributed by atoms with Crippen LogP contribution in [0.4, 0.5) is 0 Å². The first kappa shape index (κ1) is 19.1. The molecule has 0 aliphatic carbocycles. The van der Waals surface area contributed by atoms with Crippen molar-refractivity contribution in [2.24, 2.45) is 0 Å². The minimum Gasteiger partial charge on any atom is -0.218 e. The van der Waals surface area contributed by atoms with Gasteiger partial charge in [-0.15, -0.1) is 4.68 Å². The van der Waals surface area contributed by atoms with E-state index < -0.39 is 0 Å². The van der Waals surface area contributed by atoms with Gasteiger partial charge in [0.05, 0.1) is 5.56 Å². The van der Waals surface area contributed by atoms with Crippen LogP contribution in [0.25, 0.3) is 11.4 Å². The standard InChI is InChI=1S/C23H36N3/c1-9-15-16(10-2)18(12-4)21-20(17(15)11-3)22-24-25(14-6)19(13-5)26(22)23(21,7)8/h9-14H2,1-8H3/q+1. The van der Waals surface area contributed by atoms with E-state index in [1.165, 1.54) is 17.2 Å². The van der Waals surface area contributed by atoms with Gasteiger partial charge >= 0.3 is 5.82 Å². The summed E-state index contributed by atoms with van der Waals surface area (Å²) in [6.07, 6.45) is 5.44. The molecule has 3 nitrogen and oxygen atoms in total. The van der Waals surface area contributed by atoms with Gasteiger partial charge in [0.15, 0.2) is 0 Å². The van der Waals surface area contributed by atoms with Gasteiger partial charge in [-0.25, -0.2) is 4.57 Å². The number of aromatic nitrogens is 3. The quantitative estimate of drug-likeness (QED) is 0.685. The van der Waals surface area contributed by atoms with Crippen LogP contribution >= 0.6 is 0 Å². The number of hydrogen-bond donors (Lipinski definition) is 0. The summed E-state index contributed by atoms with van der Waals surface area (Å²) in [5.74, 6) is 2.55. The third kappa shape index (κ3) is 2.32. The number of fused-ring (bicyclic) bond motifs is 3. The largest absolute Gasteiger partial charge is 0.310 e. The zero-order chi connectivity index (χ0) is 19.2. The molecule has 1 aromatic carbocycles. The summed E-state index contributed by atoms with van der Waals surface area (Å²) in [5, 5.41) is 5.11. The zero-order valence-electron chi connectivity index (χ0n) is 18.1. The first-order chi connectivity index (χ1) is 12.4. The van der Waals surface area contributed by atoms with Gasteiger partial charge in [-0.1, -0.05) is 34.6 Å². The number of benzene rings is 1. The van der Waals surface area contributed by atoms with Crippen LogP contribution in [0.5, 0.6) is 0 Å². The Morgan fingerprint density at radius 2 is 1.31 bits per heavy atom. The molecule has 3 rings (SSSR count). The Labute approximate surface area is 159 Å². The van der Waals surface area contributed by atoms with Gasteiger partial charge in [-0.05, 0) is 68.7 Å². The molecule has 0 saturated carbocycles. The lowest BCUT2D eigenvalue weighted by Crippen LogP contribution is -2.53. The fourth-order valence-corrected chi connectivity index (χ4v) is 5.43. The maximum atomic E-state index is 5.11. The van der Waals surface area contributed by atoms with Crippen molar-refractivity contribution in [2.45, 2.75) is 99.6 Å². The molecule has 1 aliphatic rings. The number of rotatable bonds is 6. The van der Waals surface area contributed by atoms with E-state index in [9.17, 15) is 0 Å². The average Bonchev–Trinajstić information content (AvgIpc) is 3.13. The van der Waals surface area contributed by atoms with E-state index in [1.807, 2.05) is 0 Å². The van der Waals surface area contributed by atoms with Crippen molar-refractivity contribution in [3.05, 3.63) is 33.6 Å². The van der Waals surface area contributed by atoms with Gasteiger partial charge in [0.1, 0.15) is 12.1 Å². The van der Waals surface area contributed by atoms with Crippen LogP contribution in [0.3, 0.4) is 0 Å². The van der Waals surface area contributed by atoms with Gasteiger partial charge in [-0.2, -0.15) is 0 Å². The van der Waals surface area contributed by atoms with E-state index in [2.05, 4.69) is 64.6 Å². The molecule has 2 heterocycles. The molecular weight excluding hydrogens is 318 g/mol. The van der Waals surface area contributed by atoms with Gasteiger partial charge in [0, 0.05) is 17.1 Å². The number of hydrogen-bond acceptors (Lipinski definition) is 1. The molecule has 0 spiro atoms. The van der Waals surface area contributed by atoms with Crippen molar-refractivity contribution in [1.29, 1.82) is 0 Å². The van der Waals surface area contributed by atoms with E-state index in [1.54, 1.807) is 27.8 Å². The monoisotopic (exact) mass is 354 g/mol. The molecule has 2 aromatic rings. The molecule has 1 aliphatic heterocycles. The molecule has 1 aromatic heterocycles. The maximum absolute atomic E-state index is 5.11. The van der Waals surface area contributed by atoms with Crippen molar-refractivity contribution in [3.63, 3.8) is 0 Å². The Morgan fingerprint density at radius 1 is 0.769 bits per heavy atom. The molecule has 0 amide bonds. The zero-order valence-corrected chi connectivity index (χ0v) is 18.1. The molecule has 0 atom stereocenters. The van der Waals surface area contributed by atoms with Gasteiger partial charge in [0.25, 0.3) is 0 Å². The summed E-state index contributed by atoms with van der Waals surface area (Å²) in [4.78, 5) is 0. The lowest BCUT2D eigenvalue weighted by atomic mass is 9.78. The first-order valence-electron chi connectivity index (χ1n) is 10.6. The Balaban J connectivity index is 2.52. The van der Waals surface area contributed by atoms with E-state index >= 15 is 0 Å². The Morgan fingerprint density at radius 3 is 1.77 bits per heavy atom. The highest BCUT2D eigenvalue weighted by atomic mass is 15.4. The van der Waals surface area contributed by atoms with Crippen LogP contribution in [0, 0.1) is 0 Å². The third-order valence-corrected chi connectivity index (χ3v) is 6.35. The minimum atomic E-state index is -0.0329. The van der Waals surface area contributed by atoms with Crippen LogP contribution in [-0.4, -0.2) is 9.78 Å². The highest BCUT2D eigenvalue weighted by Crippen LogP contribution is 2.45. The molecule has 142 valence electrons. The fourth-order valence-electron chi connectivity index (χ4n) is 5.43. The molecule has 0 radical (unpaired) electrons. The highest BCUT2D eigenvalue weighted by molar-refractivity contribution is 5.73. The molecular formula is C23H36N3+. The molecule has 0 N–H and O–H groups in total. The van der Waals surface area contributed by atoms with E-state index in [0.29, 0.717) is 0 Å². The maximum Gasteiger partial charge on any atom is 0.310 e. The van der Waals surface area contributed by atoms with Crippen LogP contribution in [0.1, 0.15) is 89.0 Å². The topological polar surface area (TPSA) is 21.7 Å². The summed E-state index contributed by atoms with van der Waals surface area (Å²) >= 11 is 0. The van der Waals surface area contributed by atoms with Gasteiger partial charge in [-0.3, -0.25) is 0 Å². The lowest BCUT2D eigenvalue weighted by Gasteiger charge is -2.27. The predicted octanol–water partition coefficient (Wildman–Crippen LogP) is 4.77. The summed E-state index contributed by atoms with van der Waals surface area (Å²) in [6, 6.07) is 0. The van der Waals surface area contributed by atoms with E-state index in [-0.39, 0.29) is 5.54 Å². The summed E-state index contributed by atoms with van der Waals surface area (Å²) in [5.41, 5.74) is 9.27. The molecule has 0 bridgehead atoms. The van der Waals surface area contributed by atoms with E-state index in [0.717, 1.165) is 38.6 Å². The normalized spacial score (nSPS) is 14.6. The minimum absolute atomic E-state index is 0.0329. The fraction of sp³-hybridized carbons (Fsp3) is 0.652. The van der Waals surface area contributed by atoms with Crippen LogP contribution in [0.2, 0.25) is 0 Å². The SMILES string of the molecule is CCc1c(CC)c(CC)c2c(c1CC)-c1nn(CC)c(CC)[n+]1C2(C)C. The Kier molecular flexibility index (Phi) is 5.02. The first-order valence-corrected chi connectivity index (χ1v) is 10.6. The molecule has 0 saturated heterocycles. The smallest absolute Gasteiger partial charge is 0.218 e. The van der Waals surface area contributed by atoms with Crippen molar-refractivity contribution < 1.29 is 4.57 Å². The molecule has 0 unspecified atom stereocenters. The van der Waals surface area contributed by atoms with Crippen molar-refractivity contribution in [3.8, 4) is 11.4 Å². The van der Waals surface area contributed by atoms with Crippen LogP contribution in [-0.2, 0) is 44.2 Å². The summed E-state index contributed by atoms with van der Waals surface area (Å²) in [6.45, 7) is 19.5. The second-order valence-corrected chi connectivity index (χ2v) is 7.88. The highest BCUT2D eigenvalue weighted by Gasteiger charge is 2.48. The van der Waals surface area contributed by atoms with Crippen molar-refractivity contribution >= 4 is 0 Å². The second-order valence-electron chi connectivity index (χ2n) is 7.88. The predicted molar refractivity (Wildman–Crippen MR) is 109 cm³/mol. The third-order valence-electron chi connectivity index (χ3n) is 6.35. The average molecular weight is 355 g/mol. The molecule has 26 heavy (non-hydrogen) atoms. The summed E-state index contributed by atoms with van der Waals surface area (Å²) in [7, 11) is 0. The Bertz CT molecular complexity index is 840. The number of nitrogens with zero attached hydrogens (tertiary/aromatic N) is 3.